The quantitative estimate of drug-likeness (QED) is 0.115. The molecular weight excluding hydrogens is 549 g/mol. The molecule has 0 spiro atoms. The number of benzene rings is 2. The Morgan fingerprint density at radius 1 is 1.12 bits per heavy atom. The maximum atomic E-state index is 14.1. The van der Waals surface area contributed by atoms with E-state index in [-0.39, 0.29) is 52.2 Å². The molecule has 1 N–H and O–H groups in total. The van der Waals surface area contributed by atoms with Gasteiger partial charge < -0.3 is 19.2 Å². The fourth-order valence-corrected chi connectivity index (χ4v) is 4.03. The molecule has 12 nitrogen and oxygen atoms in total. The minimum atomic E-state index is -3.96. The average molecular weight is 572 g/mol. The zero-order chi connectivity index (χ0) is 28.9. The van der Waals surface area contributed by atoms with Gasteiger partial charge in [0.2, 0.25) is 0 Å². The van der Waals surface area contributed by atoms with Gasteiger partial charge in [-0.25, -0.2) is 9.37 Å². The molecule has 0 aliphatic rings. The zero-order valence-corrected chi connectivity index (χ0v) is 21.9. The lowest BCUT2D eigenvalue weighted by Gasteiger charge is -2.18. The molecule has 1 amide bonds. The van der Waals surface area contributed by atoms with Crippen LogP contribution < -0.4 is 10.1 Å². The molecule has 40 heavy (non-hydrogen) atoms. The maximum absolute atomic E-state index is 14.1. The van der Waals surface area contributed by atoms with Gasteiger partial charge in [-0.05, 0) is 41.5 Å². The Balaban J connectivity index is 1.98. The Morgan fingerprint density at radius 2 is 1.93 bits per heavy atom. The number of ether oxygens (including phenoxy) is 2. The number of carbonyl (C=O) groups is 1. The number of pyridine rings is 1. The van der Waals surface area contributed by atoms with E-state index < -0.39 is 33.4 Å². The molecule has 0 unspecified atom stereocenters. The number of hydrogen-bond donors (Lipinski definition) is 1. The number of aromatic nitrogens is 1. The maximum Gasteiger partial charge on any atom is 0.292 e. The van der Waals surface area contributed by atoms with Crippen LogP contribution in [0.5, 0.6) is 5.75 Å². The molecule has 4 aromatic rings. The molecule has 0 bridgehead atoms. The van der Waals surface area contributed by atoms with Gasteiger partial charge >= 0.3 is 0 Å². The number of furan rings is 1. The number of nitro benzene ring substituents is 1. The minimum absolute atomic E-state index is 0.0581. The van der Waals surface area contributed by atoms with Gasteiger partial charge in [-0.1, -0.05) is 12.1 Å². The predicted octanol–water partition coefficient (Wildman–Crippen LogP) is 4.77. The lowest BCUT2D eigenvalue weighted by molar-refractivity contribution is -0.384. The minimum Gasteiger partial charge on any atom is -0.467 e. The topological polar surface area (TPSA) is 160 Å². The lowest BCUT2D eigenvalue weighted by Crippen LogP contribution is -2.16. The molecule has 2 aromatic heterocycles. The lowest BCUT2D eigenvalue weighted by atomic mass is 9.97. The first-order valence-electron chi connectivity index (χ1n) is 11.5. The fourth-order valence-electron chi connectivity index (χ4n) is 3.70. The van der Waals surface area contributed by atoms with Crippen molar-refractivity contribution in [3.05, 3.63) is 94.2 Å². The number of nitro groups is 1. The molecule has 0 radical (unpaired) electrons. The Hall–Kier alpha value is -4.66. The van der Waals surface area contributed by atoms with Gasteiger partial charge in [-0.2, -0.15) is 8.42 Å². The van der Waals surface area contributed by atoms with Crippen LogP contribution in [0.4, 0.5) is 15.9 Å². The Bertz CT molecular complexity index is 1660. The molecule has 0 aliphatic carbocycles. The molecular formula is C26H22FN3O9S. The highest BCUT2D eigenvalue weighted by molar-refractivity contribution is 7.85. The summed E-state index contributed by atoms with van der Waals surface area (Å²) in [7, 11) is -2.57. The number of rotatable bonds is 11. The van der Waals surface area contributed by atoms with Crippen molar-refractivity contribution in [1.29, 1.82) is 0 Å². The molecule has 4 rings (SSSR count). The zero-order valence-electron chi connectivity index (χ0n) is 21.1. The van der Waals surface area contributed by atoms with Gasteiger partial charge in [0.25, 0.3) is 21.7 Å². The van der Waals surface area contributed by atoms with E-state index in [9.17, 15) is 27.7 Å². The molecule has 0 fully saturated rings. The number of carbonyl (C=O) groups excluding carboxylic acids is 1. The molecule has 0 saturated carbocycles. The van der Waals surface area contributed by atoms with Crippen molar-refractivity contribution >= 4 is 27.5 Å². The van der Waals surface area contributed by atoms with Crippen molar-refractivity contribution in [2.24, 2.45) is 0 Å². The number of nitrogens with one attached hydrogen (secondary N) is 1. The molecule has 14 heteroatoms. The number of non-ortho nitro benzene ring substituents is 1. The SMILES string of the molecule is COCOc1cc(F)ccc1-c1cc(-c2cccc([N+](=O)[O-])c2)c(COS(C)(=O)=O)c(NC(=O)c2ccco2)n1. The summed E-state index contributed by atoms with van der Waals surface area (Å²) in [5.41, 5.74) is 0.836. The summed E-state index contributed by atoms with van der Waals surface area (Å²) >= 11 is 0. The van der Waals surface area contributed by atoms with Crippen LogP contribution in [-0.2, 0) is 25.6 Å². The van der Waals surface area contributed by atoms with E-state index in [4.69, 9.17) is 18.1 Å². The van der Waals surface area contributed by atoms with Crippen LogP contribution in [0.1, 0.15) is 16.1 Å². The number of halogens is 1. The second-order valence-corrected chi connectivity index (χ2v) is 9.92. The monoisotopic (exact) mass is 571 g/mol. The molecule has 0 saturated heterocycles. The van der Waals surface area contributed by atoms with E-state index in [1.165, 1.54) is 61.9 Å². The molecule has 2 heterocycles. The smallest absolute Gasteiger partial charge is 0.292 e. The highest BCUT2D eigenvalue weighted by Crippen LogP contribution is 2.38. The number of nitrogens with zero attached hydrogens (tertiary/aromatic N) is 2. The number of hydrogen-bond acceptors (Lipinski definition) is 10. The summed E-state index contributed by atoms with van der Waals surface area (Å²) in [4.78, 5) is 28.4. The molecule has 0 atom stereocenters. The summed E-state index contributed by atoms with van der Waals surface area (Å²) in [5, 5.41) is 14.1. The number of methoxy groups -OCH3 is 1. The number of amides is 1. The summed E-state index contributed by atoms with van der Waals surface area (Å²) in [5.74, 6) is -1.45. The standard InChI is InChI=1S/C26H22FN3O9S/c1-36-15-38-24-12-17(27)8-9-19(24)22-13-20(16-5-3-6-18(11-16)30(32)33)21(14-39-40(2,34)35)25(28-22)29-26(31)23-7-4-10-37-23/h3-13H,14-15H2,1-2H3,(H,28,29,31). The number of anilines is 1. The van der Waals surface area contributed by atoms with Crippen LogP contribution in [-0.4, -0.2) is 44.4 Å². The van der Waals surface area contributed by atoms with E-state index in [1.54, 1.807) is 6.07 Å². The van der Waals surface area contributed by atoms with E-state index in [0.717, 1.165) is 12.3 Å². The highest BCUT2D eigenvalue weighted by Gasteiger charge is 2.23. The van der Waals surface area contributed by atoms with Crippen molar-refractivity contribution < 1.29 is 40.6 Å². The van der Waals surface area contributed by atoms with Crippen LogP contribution in [0.15, 0.2) is 71.3 Å². The molecule has 2 aromatic carbocycles. The van der Waals surface area contributed by atoms with E-state index in [1.807, 2.05) is 0 Å². The summed E-state index contributed by atoms with van der Waals surface area (Å²) in [6, 6.07) is 13.6. The Kier molecular flexibility index (Phi) is 8.52. The second-order valence-electron chi connectivity index (χ2n) is 8.28. The van der Waals surface area contributed by atoms with Crippen LogP contribution in [0, 0.1) is 15.9 Å². The highest BCUT2D eigenvalue weighted by atomic mass is 32.2. The van der Waals surface area contributed by atoms with Crippen LogP contribution in [0.3, 0.4) is 0 Å². The van der Waals surface area contributed by atoms with Crippen LogP contribution in [0.25, 0.3) is 22.4 Å². The van der Waals surface area contributed by atoms with Crippen molar-refractivity contribution in [3.8, 4) is 28.1 Å². The van der Waals surface area contributed by atoms with Crippen molar-refractivity contribution in [2.45, 2.75) is 6.61 Å². The van der Waals surface area contributed by atoms with E-state index >= 15 is 0 Å². The first-order valence-corrected chi connectivity index (χ1v) is 13.3. The predicted molar refractivity (Wildman–Crippen MR) is 141 cm³/mol. The summed E-state index contributed by atoms with van der Waals surface area (Å²) in [6.07, 6.45) is 2.14. The van der Waals surface area contributed by atoms with Crippen LogP contribution in [0.2, 0.25) is 0 Å². The van der Waals surface area contributed by atoms with Gasteiger partial charge in [-0.3, -0.25) is 19.1 Å². The van der Waals surface area contributed by atoms with Crippen molar-refractivity contribution in [3.63, 3.8) is 0 Å². The van der Waals surface area contributed by atoms with Gasteiger partial charge in [-0.15, -0.1) is 0 Å². The third-order valence-corrected chi connectivity index (χ3v) is 5.98. The third kappa shape index (κ3) is 6.85. The molecule has 0 aliphatic heterocycles. The van der Waals surface area contributed by atoms with Gasteiger partial charge in [0.15, 0.2) is 12.6 Å². The van der Waals surface area contributed by atoms with E-state index in [2.05, 4.69) is 10.3 Å². The average Bonchev–Trinajstić information content (AvgIpc) is 3.46. The van der Waals surface area contributed by atoms with Crippen molar-refractivity contribution in [2.75, 3.05) is 25.5 Å². The van der Waals surface area contributed by atoms with Gasteiger partial charge in [0.05, 0.1) is 29.7 Å². The van der Waals surface area contributed by atoms with Crippen LogP contribution >= 0.6 is 0 Å². The van der Waals surface area contributed by atoms with Gasteiger partial charge in [0.1, 0.15) is 17.4 Å². The summed E-state index contributed by atoms with van der Waals surface area (Å²) in [6.45, 7) is -0.787. The second kappa shape index (κ2) is 12.0. The van der Waals surface area contributed by atoms with E-state index in [0.29, 0.717) is 5.56 Å². The Labute approximate surface area is 227 Å². The Morgan fingerprint density at radius 3 is 2.60 bits per heavy atom. The normalized spacial score (nSPS) is 11.3. The van der Waals surface area contributed by atoms with Gasteiger partial charge in [0, 0.05) is 36.4 Å². The summed E-state index contributed by atoms with van der Waals surface area (Å²) < 4.78 is 58.5. The largest absolute Gasteiger partial charge is 0.467 e. The van der Waals surface area contributed by atoms with Crippen molar-refractivity contribution in [1.82, 2.24) is 4.98 Å². The first kappa shape index (κ1) is 28.4. The fraction of sp³-hybridized carbons (Fsp3) is 0.154. The first-order chi connectivity index (χ1) is 19.1. The third-order valence-electron chi connectivity index (χ3n) is 5.44. The molecule has 208 valence electrons.